The molecule has 1 heterocycles. The Hall–Kier alpha value is -2.79. The molecule has 0 aliphatic rings. The molecule has 0 saturated heterocycles. The quantitative estimate of drug-likeness (QED) is 0.759. The molecule has 0 saturated carbocycles. The standard InChI is InChI=1S/C16H10ClNO4/c17-9-1-3-10(4-2-9)18-16(21)13-8-22-14-6-5-11(19)7-12(14)15(13)20/h1-8,19H,(H,18,21). The molecule has 22 heavy (non-hydrogen) atoms. The Balaban J connectivity index is 1.99. The van der Waals surface area contributed by atoms with E-state index in [-0.39, 0.29) is 16.7 Å². The highest BCUT2D eigenvalue weighted by molar-refractivity contribution is 6.30. The van der Waals surface area contributed by atoms with Gasteiger partial charge in [0.15, 0.2) is 0 Å². The van der Waals surface area contributed by atoms with Gasteiger partial charge in [0.25, 0.3) is 5.91 Å². The maximum absolute atomic E-state index is 12.3. The number of nitrogens with one attached hydrogen (secondary N) is 1. The van der Waals surface area contributed by atoms with Gasteiger partial charge in [0.05, 0.1) is 5.39 Å². The van der Waals surface area contributed by atoms with Gasteiger partial charge in [-0.25, -0.2) is 0 Å². The lowest BCUT2D eigenvalue weighted by Crippen LogP contribution is -2.21. The summed E-state index contributed by atoms with van der Waals surface area (Å²) >= 11 is 5.77. The minimum absolute atomic E-state index is 0.0740. The lowest BCUT2D eigenvalue weighted by molar-refractivity contribution is 0.102. The minimum Gasteiger partial charge on any atom is -0.508 e. The Labute approximate surface area is 129 Å². The topological polar surface area (TPSA) is 79.5 Å². The molecule has 0 atom stereocenters. The number of carbonyl (C=O) groups is 1. The van der Waals surface area contributed by atoms with Crippen molar-refractivity contribution in [3.05, 3.63) is 69.5 Å². The Morgan fingerprint density at radius 3 is 2.59 bits per heavy atom. The molecule has 0 unspecified atom stereocenters. The lowest BCUT2D eigenvalue weighted by atomic mass is 10.1. The zero-order chi connectivity index (χ0) is 15.7. The number of phenolic OH excluding ortho intramolecular Hbond substituents is 1. The molecule has 3 aromatic rings. The summed E-state index contributed by atoms with van der Waals surface area (Å²) in [7, 11) is 0. The van der Waals surface area contributed by atoms with Gasteiger partial charge in [-0.05, 0) is 42.5 Å². The predicted molar refractivity (Wildman–Crippen MR) is 83.6 cm³/mol. The molecule has 0 fully saturated rings. The molecule has 110 valence electrons. The summed E-state index contributed by atoms with van der Waals surface area (Å²) in [5.41, 5.74) is 0.146. The number of rotatable bonds is 2. The van der Waals surface area contributed by atoms with E-state index in [1.165, 1.54) is 18.2 Å². The second-order valence-corrected chi connectivity index (χ2v) is 5.06. The van der Waals surface area contributed by atoms with Crippen molar-refractivity contribution in [2.45, 2.75) is 0 Å². The van der Waals surface area contributed by atoms with Crippen LogP contribution < -0.4 is 10.7 Å². The van der Waals surface area contributed by atoms with Gasteiger partial charge in [-0.15, -0.1) is 0 Å². The molecular weight excluding hydrogens is 306 g/mol. The van der Waals surface area contributed by atoms with Crippen LogP contribution in [0.1, 0.15) is 10.4 Å². The van der Waals surface area contributed by atoms with Gasteiger partial charge >= 0.3 is 0 Å². The molecule has 0 aliphatic heterocycles. The molecule has 3 rings (SSSR count). The van der Waals surface area contributed by atoms with Crippen molar-refractivity contribution in [3.63, 3.8) is 0 Å². The number of carbonyl (C=O) groups excluding carboxylic acids is 1. The maximum Gasteiger partial charge on any atom is 0.262 e. The first-order valence-corrected chi connectivity index (χ1v) is 6.74. The smallest absolute Gasteiger partial charge is 0.262 e. The first-order chi connectivity index (χ1) is 10.5. The van der Waals surface area contributed by atoms with E-state index in [1.807, 2.05) is 0 Å². The molecule has 5 nitrogen and oxygen atoms in total. The monoisotopic (exact) mass is 315 g/mol. The third-order valence-electron chi connectivity index (χ3n) is 3.10. The fourth-order valence-electron chi connectivity index (χ4n) is 2.01. The Morgan fingerprint density at radius 1 is 1.14 bits per heavy atom. The van der Waals surface area contributed by atoms with Gasteiger partial charge in [0.1, 0.15) is 23.2 Å². The van der Waals surface area contributed by atoms with Crippen LogP contribution in [0.25, 0.3) is 11.0 Å². The van der Waals surface area contributed by atoms with Crippen LogP contribution in [0.3, 0.4) is 0 Å². The molecule has 2 aromatic carbocycles. The molecule has 1 aromatic heterocycles. The molecule has 2 N–H and O–H groups in total. The highest BCUT2D eigenvalue weighted by Gasteiger charge is 2.15. The zero-order valence-corrected chi connectivity index (χ0v) is 11.9. The molecule has 6 heteroatoms. The molecule has 0 spiro atoms. The second kappa shape index (κ2) is 5.54. The van der Waals surface area contributed by atoms with Crippen LogP contribution in [-0.4, -0.2) is 11.0 Å². The number of halogens is 1. The van der Waals surface area contributed by atoms with Crippen molar-refractivity contribution in [1.29, 1.82) is 0 Å². The summed E-state index contributed by atoms with van der Waals surface area (Å²) in [6.07, 6.45) is 1.10. The van der Waals surface area contributed by atoms with Crippen LogP contribution in [0.15, 0.2) is 57.9 Å². The SMILES string of the molecule is O=C(Nc1ccc(Cl)cc1)c1coc2ccc(O)cc2c1=O. The highest BCUT2D eigenvalue weighted by atomic mass is 35.5. The summed E-state index contributed by atoms with van der Waals surface area (Å²) < 4.78 is 5.26. The average molecular weight is 316 g/mol. The van der Waals surface area contributed by atoms with E-state index in [1.54, 1.807) is 24.3 Å². The molecule has 0 aliphatic carbocycles. The average Bonchev–Trinajstić information content (AvgIpc) is 2.50. The third kappa shape index (κ3) is 2.66. The van der Waals surface area contributed by atoms with E-state index < -0.39 is 11.3 Å². The predicted octanol–water partition coefficient (Wildman–Crippen LogP) is 3.40. The van der Waals surface area contributed by atoms with Crippen LogP contribution in [0.5, 0.6) is 5.75 Å². The molecular formula is C16H10ClNO4. The number of hydrogen-bond donors (Lipinski definition) is 2. The molecule has 0 bridgehead atoms. The maximum atomic E-state index is 12.3. The Bertz CT molecular complexity index is 916. The van der Waals surface area contributed by atoms with Gasteiger partial charge in [-0.1, -0.05) is 11.6 Å². The second-order valence-electron chi connectivity index (χ2n) is 4.62. The third-order valence-corrected chi connectivity index (χ3v) is 3.35. The van der Waals surface area contributed by atoms with Crippen molar-refractivity contribution >= 4 is 34.2 Å². The van der Waals surface area contributed by atoms with E-state index in [0.717, 1.165) is 6.26 Å². The van der Waals surface area contributed by atoms with Crippen LogP contribution in [-0.2, 0) is 0 Å². The van der Waals surface area contributed by atoms with Crippen molar-refractivity contribution in [2.75, 3.05) is 5.32 Å². The largest absolute Gasteiger partial charge is 0.508 e. The summed E-state index contributed by atoms with van der Waals surface area (Å²) in [5.74, 6) is -0.670. The van der Waals surface area contributed by atoms with E-state index in [0.29, 0.717) is 16.3 Å². The lowest BCUT2D eigenvalue weighted by Gasteiger charge is -2.05. The highest BCUT2D eigenvalue weighted by Crippen LogP contribution is 2.18. The summed E-state index contributed by atoms with van der Waals surface area (Å²) in [6.45, 7) is 0. The van der Waals surface area contributed by atoms with E-state index in [2.05, 4.69) is 5.32 Å². The minimum atomic E-state index is -0.596. The Kier molecular flexibility index (Phi) is 3.56. The fourth-order valence-corrected chi connectivity index (χ4v) is 2.13. The normalized spacial score (nSPS) is 10.6. The fraction of sp³-hybridized carbons (Fsp3) is 0. The van der Waals surface area contributed by atoms with E-state index in [4.69, 9.17) is 16.0 Å². The number of amides is 1. The Morgan fingerprint density at radius 2 is 1.86 bits per heavy atom. The van der Waals surface area contributed by atoms with Crippen molar-refractivity contribution < 1.29 is 14.3 Å². The van der Waals surface area contributed by atoms with Crippen molar-refractivity contribution in [2.24, 2.45) is 0 Å². The van der Waals surface area contributed by atoms with Crippen LogP contribution in [0.2, 0.25) is 5.02 Å². The first-order valence-electron chi connectivity index (χ1n) is 6.36. The van der Waals surface area contributed by atoms with Gasteiger partial charge in [-0.2, -0.15) is 0 Å². The van der Waals surface area contributed by atoms with Gasteiger partial charge in [0, 0.05) is 10.7 Å². The van der Waals surface area contributed by atoms with E-state index in [9.17, 15) is 14.7 Å². The van der Waals surface area contributed by atoms with Crippen LogP contribution in [0.4, 0.5) is 5.69 Å². The van der Waals surface area contributed by atoms with Crippen LogP contribution >= 0.6 is 11.6 Å². The van der Waals surface area contributed by atoms with Crippen molar-refractivity contribution in [1.82, 2.24) is 0 Å². The van der Waals surface area contributed by atoms with Gasteiger partial charge in [0.2, 0.25) is 5.43 Å². The van der Waals surface area contributed by atoms with E-state index >= 15 is 0 Å². The van der Waals surface area contributed by atoms with Crippen LogP contribution in [0, 0.1) is 0 Å². The van der Waals surface area contributed by atoms with Crippen molar-refractivity contribution in [3.8, 4) is 5.75 Å². The molecule has 1 amide bonds. The van der Waals surface area contributed by atoms with Gasteiger partial charge in [-0.3, -0.25) is 9.59 Å². The number of phenols is 1. The number of anilines is 1. The number of fused-ring (bicyclic) bond motifs is 1. The summed E-state index contributed by atoms with van der Waals surface area (Å²) in [4.78, 5) is 24.5. The number of benzene rings is 2. The van der Waals surface area contributed by atoms with Gasteiger partial charge < -0.3 is 14.8 Å². The summed E-state index contributed by atoms with van der Waals surface area (Å²) in [5, 5.41) is 12.7. The number of hydrogen-bond acceptors (Lipinski definition) is 4. The summed E-state index contributed by atoms with van der Waals surface area (Å²) in [6, 6.07) is 10.6. The first kappa shape index (κ1) is 14.2. The molecule has 0 radical (unpaired) electrons. The zero-order valence-electron chi connectivity index (χ0n) is 11.2. The number of aromatic hydroxyl groups is 1.